The van der Waals surface area contributed by atoms with Gasteiger partial charge in [0.05, 0.1) is 26.7 Å². The molecule has 3 aromatic rings. The van der Waals surface area contributed by atoms with Crippen LogP contribution in [0.2, 0.25) is 0 Å². The summed E-state index contributed by atoms with van der Waals surface area (Å²) in [5.41, 5.74) is 2.94. The molecule has 0 unspecified atom stereocenters. The van der Waals surface area contributed by atoms with E-state index in [-0.39, 0.29) is 30.8 Å². The number of nitrogens with zero attached hydrogens (tertiary/aromatic N) is 4. The van der Waals surface area contributed by atoms with E-state index < -0.39 is 17.8 Å². The summed E-state index contributed by atoms with van der Waals surface area (Å²) in [6, 6.07) is 10.5. The third-order valence-corrected chi connectivity index (χ3v) is 5.89. The van der Waals surface area contributed by atoms with Crippen molar-refractivity contribution in [1.82, 2.24) is 15.0 Å². The number of aliphatic hydroxyl groups is 1. The van der Waals surface area contributed by atoms with Gasteiger partial charge < -0.3 is 19.1 Å². The summed E-state index contributed by atoms with van der Waals surface area (Å²) in [4.78, 5) is 22.6. The summed E-state index contributed by atoms with van der Waals surface area (Å²) >= 11 is 0. The molecule has 1 aliphatic rings. The molecule has 1 aliphatic carbocycles. The van der Waals surface area contributed by atoms with E-state index in [1.54, 1.807) is 36.9 Å². The maximum absolute atomic E-state index is 12.9. The highest BCUT2D eigenvalue weighted by atomic mass is 16.6. The van der Waals surface area contributed by atoms with Crippen molar-refractivity contribution in [2.45, 2.75) is 65.2 Å². The van der Waals surface area contributed by atoms with Gasteiger partial charge in [-0.3, -0.25) is 4.90 Å². The number of ether oxygens (including phenoxy) is 2. The Bertz CT molecular complexity index is 1370. The average molecular weight is 506 g/mol. The van der Waals surface area contributed by atoms with Crippen molar-refractivity contribution in [2.75, 3.05) is 13.2 Å². The highest BCUT2D eigenvalue weighted by molar-refractivity contribution is 5.72. The maximum atomic E-state index is 12.9. The van der Waals surface area contributed by atoms with Crippen LogP contribution in [0.4, 0.5) is 10.5 Å². The number of fused-ring (bicyclic) bond motifs is 1. The Morgan fingerprint density at radius 2 is 2.14 bits per heavy atom. The molecule has 0 saturated carbocycles. The van der Waals surface area contributed by atoms with Crippen LogP contribution in [0.5, 0.6) is 5.75 Å². The first-order chi connectivity index (χ1) is 17.9. The topological polar surface area (TPSA) is 102 Å². The molecule has 4 rings (SSSR count). The third-order valence-electron chi connectivity index (χ3n) is 5.89. The lowest BCUT2D eigenvalue weighted by Gasteiger charge is -2.31. The summed E-state index contributed by atoms with van der Waals surface area (Å²) in [5, 5.41) is 13.8. The predicted octanol–water partition coefficient (Wildman–Crippen LogP) is 5.96. The zero-order chi connectivity index (χ0) is 27.7. The van der Waals surface area contributed by atoms with Gasteiger partial charge in [0, 0.05) is 17.7 Å². The molecule has 37 heavy (non-hydrogen) atoms. The second kappa shape index (κ2) is 10.6. The molecule has 0 aliphatic heterocycles. The Morgan fingerprint density at radius 1 is 1.35 bits per heavy atom. The van der Waals surface area contributed by atoms with Crippen molar-refractivity contribution in [3.05, 3.63) is 58.9 Å². The van der Waals surface area contributed by atoms with Crippen LogP contribution in [0.1, 0.15) is 59.6 Å². The van der Waals surface area contributed by atoms with E-state index in [9.17, 15) is 9.90 Å². The molecule has 0 radical (unpaired) electrons. The highest BCUT2D eigenvalue weighted by Crippen LogP contribution is 2.41. The van der Waals surface area contributed by atoms with Gasteiger partial charge >= 0.3 is 6.09 Å². The van der Waals surface area contributed by atoms with Crippen LogP contribution in [-0.4, -0.2) is 51.1 Å². The molecule has 9 nitrogen and oxygen atoms in total. The molecule has 1 amide bonds. The fourth-order valence-electron chi connectivity index (χ4n) is 4.46. The highest BCUT2D eigenvalue weighted by Gasteiger charge is 2.35. The van der Waals surface area contributed by atoms with E-state index >= 15 is 0 Å². The van der Waals surface area contributed by atoms with Crippen molar-refractivity contribution in [1.29, 1.82) is 0 Å². The molecule has 2 aromatic carbocycles. The Morgan fingerprint density at radius 3 is 2.81 bits per heavy atom. The zero-order valence-electron chi connectivity index (χ0n) is 22.7. The minimum atomic E-state index is -1.18. The molecule has 1 aromatic heterocycles. The first kappa shape index (κ1) is 24.8. The molecular weight excluding hydrogens is 472 g/mol. The summed E-state index contributed by atoms with van der Waals surface area (Å²) in [7, 11) is 0. The first-order valence-electron chi connectivity index (χ1n) is 12.7. The largest absolute Gasteiger partial charge is 0.502 e. The van der Waals surface area contributed by atoms with Gasteiger partial charge in [0.2, 0.25) is 11.5 Å². The number of benzene rings is 2. The molecule has 0 fully saturated rings. The number of carbonyl (C=O) groups excluding carboxylic acids is 1. The van der Waals surface area contributed by atoms with Gasteiger partial charge in [-0.05, 0) is 76.8 Å². The smallest absolute Gasteiger partial charge is 0.410 e. The standard InChI is InChI=1S/C28H32N4O5/c1-17(2)35-24-13-10-18(16-22(24)29-6)26-30-25(31-37-26)21-9-7-8-20-19(21)11-12-23(20)32(14-15-33)27(34)36-28(3,4)5/h7-10,13,16-17,23,33H,11-12,14-15H2,1-5H3/t23-/m0/s1/i17D. The van der Waals surface area contributed by atoms with E-state index in [4.69, 9.17) is 21.9 Å². The quantitative estimate of drug-likeness (QED) is 0.395. The second-order valence-corrected chi connectivity index (χ2v) is 10.1. The number of rotatable bonds is 7. The molecule has 1 N–H and O–H groups in total. The molecular formula is C28H32N4O5. The first-order valence-corrected chi connectivity index (χ1v) is 12.2. The minimum absolute atomic E-state index is 0.163. The number of aliphatic hydroxyl groups excluding tert-OH is 1. The monoisotopic (exact) mass is 505 g/mol. The van der Waals surface area contributed by atoms with Gasteiger partial charge in [0.1, 0.15) is 11.4 Å². The lowest BCUT2D eigenvalue weighted by atomic mass is 10.0. The molecule has 1 heterocycles. The molecule has 1 atom stereocenters. The van der Waals surface area contributed by atoms with Gasteiger partial charge in [-0.15, -0.1) is 0 Å². The maximum Gasteiger partial charge on any atom is 0.410 e. The number of aromatic nitrogens is 2. The SMILES string of the molecule is [2H]C(C)(C)Oc1ccc(-c2nc(-c3cccc4c3CC[C@@H]4N(CCO)C(=O)OC(C)(C)C)no2)cc1[N+]#[C-]. The van der Waals surface area contributed by atoms with Crippen molar-refractivity contribution in [2.24, 2.45) is 0 Å². The molecule has 0 spiro atoms. The Labute approximate surface area is 218 Å². The van der Waals surface area contributed by atoms with Crippen molar-refractivity contribution < 1.29 is 25.3 Å². The normalized spacial score (nSPS) is 15.5. The predicted molar refractivity (Wildman–Crippen MR) is 138 cm³/mol. The van der Waals surface area contributed by atoms with Gasteiger partial charge in [-0.1, -0.05) is 23.4 Å². The second-order valence-electron chi connectivity index (χ2n) is 10.1. The Balaban J connectivity index is 1.63. The van der Waals surface area contributed by atoms with Gasteiger partial charge in [-0.2, -0.15) is 4.98 Å². The fraction of sp³-hybridized carbons (Fsp3) is 0.429. The minimum Gasteiger partial charge on any atom is -0.502 e. The van der Waals surface area contributed by atoms with Crippen LogP contribution >= 0.6 is 0 Å². The molecule has 0 saturated heterocycles. The van der Waals surface area contributed by atoms with E-state index in [0.717, 1.165) is 16.7 Å². The number of amides is 1. The number of hydrogen-bond acceptors (Lipinski definition) is 7. The molecule has 194 valence electrons. The van der Waals surface area contributed by atoms with Gasteiger partial charge in [0.15, 0.2) is 0 Å². The van der Waals surface area contributed by atoms with Crippen LogP contribution in [0.25, 0.3) is 27.7 Å². The van der Waals surface area contributed by atoms with E-state index in [1.165, 1.54) is 0 Å². The van der Waals surface area contributed by atoms with Gasteiger partial charge in [-0.25, -0.2) is 9.64 Å². The molecule has 9 heteroatoms. The Kier molecular flexibility index (Phi) is 7.10. The summed E-state index contributed by atoms with van der Waals surface area (Å²) < 4.78 is 24.6. The van der Waals surface area contributed by atoms with Crippen LogP contribution in [0.3, 0.4) is 0 Å². The lowest BCUT2D eigenvalue weighted by molar-refractivity contribution is 0.0120. The summed E-state index contributed by atoms with van der Waals surface area (Å²) in [6.45, 7) is 16.1. The van der Waals surface area contributed by atoms with E-state index in [0.29, 0.717) is 30.0 Å². The third kappa shape index (κ3) is 5.75. The van der Waals surface area contributed by atoms with Gasteiger partial charge in [0.25, 0.3) is 5.89 Å². The van der Waals surface area contributed by atoms with Crippen molar-refractivity contribution in [3.63, 3.8) is 0 Å². The Hall–Kier alpha value is -3.90. The van der Waals surface area contributed by atoms with Crippen LogP contribution in [0, 0.1) is 6.57 Å². The van der Waals surface area contributed by atoms with E-state index in [1.807, 2.05) is 39.0 Å². The number of carbonyl (C=O) groups is 1. The zero-order valence-corrected chi connectivity index (χ0v) is 21.7. The summed E-state index contributed by atoms with van der Waals surface area (Å²) in [6.07, 6.45) is -0.269. The van der Waals surface area contributed by atoms with Crippen LogP contribution < -0.4 is 4.74 Å². The molecule has 0 bridgehead atoms. The van der Waals surface area contributed by atoms with E-state index in [2.05, 4.69) is 15.0 Å². The van der Waals surface area contributed by atoms with Crippen molar-refractivity contribution in [3.8, 4) is 28.6 Å². The van der Waals surface area contributed by atoms with Crippen LogP contribution in [0.15, 0.2) is 40.9 Å². The average Bonchev–Trinajstić information content (AvgIpc) is 3.48. The fourth-order valence-corrected chi connectivity index (χ4v) is 4.46. The van der Waals surface area contributed by atoms with Crippen LogP contribution in [-0.2, 0) is 11.2 Å². The lowest BCUT2D eigenvalue weighted by Crippen LogP contribution is -2.40. The number of hydrogen-bond donors (Lipinski definition) is 1. The summed E-state index contributed by atoms with van der Waals surface area (Å²) in [5.74, 6) is 0.970. The van der Waals surface area contributed by atoms with Crippen molar-refractivity contribution >= 4 is 11.8 Å².